The molecule has 0 bridgehead atoms. The van der Waals surface area contributed by atoms with Crippen LogP contribution in [0.1, 0.15) is 66.4 Å². The molecule has 1 aromatic heterocycles. The average Bonchev–Trinajstić information content (AvgIpc) is 3.04. The number of carbonyl (C=O) groups excluding carboxylic acids is 1. The lowest BCUT2D eigenvalue weighted by Gasteiger charge is -2.32. The Morgan fingerprint density at radius 3 is 2.29 bits per heavy atom. The van der Waals surface area contributed by atoms with Crippen molar-refractivity contribution < 1.29 is 17.9 Å². The SMILES string of the molecule is COc1cccc(CCc2nc(N3CCC(Cc4ccccc4)CC3)ncc2C(=O)NS(=O)(=O)c2ccc(C(C)(C)C)cc2)c1. The standard InChI is InChI=1S/C36H42N4O4S/c1-36(2,3)29-14-16-31(17-15-29)45(42,43)39-34(41)32-25-37-35(38-33(32)18-13-27-11-8-12-30(24-27)44-4)40-21-19-28(20-22-40)23-26-9-6-5-7-10-26/h5-12,14-17,24-25,28H,13,18-23H2,1-4H3,(H,39,41). The van der Waals surface area contributed by atoms with E-state index in [9.17, 15) is 13.2 Å². The van der Waals surface area contributed by atoms with Gasteiger partial charge in [-0.2, -0.15) is 0 Å². The van der Waals surface area contributed by atoms with Crippen molar-refractivity contribution in [2.24, 2.45) is 5.92 Å². The minimum Gasteiger partial charge on any atom is -0.497 e. The van der Waals surface area contributed by atoms with Crippen LogP contribution >= 0.6 is 0 Å². The van der Waals surface area contributed by atoms with E-state index in [1.807, 2.05) is 30.3 Å². The van der Waals surface area contributed by atoms with E-state index >= 15 is 0 Å². The number of aromatic nitrogens is 2. The monoisotopic (exact) mass is 626 g/mol. The van der Waals surface area contributed by atoms with Crippen molar-refractivity contribution in [2.75, 3.05) is 25.1 Å². The number of amides is 1. The Morgan fingerprint density at radius 2 is 1.62 bits per heavy atom. The summed E-state index contributed by atoms with van der Waals surface area (Å²) in [6, 6.07) is 24.9. The van der Waals surface area contributed by atoms with Crippen LogP contribution in [0.15, 0.2) is 90.0 Å². The number of rotatable bonds is 10. The Kier molecular flexibility index (Phi) is 9.87. The highest BCUT2D eigenvalue weighted by molar-refractivity contribution is 7.90. The summed E-state index contributed by atoms with van der Waals surface area (Å²) in [6.45, 7) is 7.81. The van der Waals surface area contributed by atoms with E-state index in [1.165, 1.54) is 23.9 Å². The molecule has 236 valence electrons. The molecule has 8 nitrogen and oxygen atoms in total. The zero-order chi connectivity index (χ0) is 32.0. The van der Waals surface area contributed by atoms with Gasteiger partial charge < -0.3 is 9.64 Å². The van der Waals surface area contributed by atoms with E-state index < -0.39 is 15.9 Å². The van der Waals surface area contributed by atoms with Crippen molar-refractivity contribution in [3.8, 4) is 5.75 Å². The van der Waals surface area contributed by atoms with Gasteiger partial charge in [0.15, 0.2) is 0 Å². The fraction of sp³-hybridized carbons (Fsp3) is 0.361. The number of ether oxygens (including phenoxy) is 1. The summed E-state index contributed by atoms with van der Waals surface area (Å²) in [5.74, 6) is 1.15. The van der Waals surface area contributed by atoms with Gasteiger partial charge in [0.1, 0.15) is 5.75 Å². The highest BCUT2D eigenvalue weighted by atomic mass is 32.2. The fourth-order valence-corrected chi connectivity index (χ4v) is 6.65. The lowest BCUT2D eigenvalue weighted by molar-refractivity contribution is 0.0979. The summed E-state index contributed by atoms with van der Waals surface area (Å²) in [4.78, 5) is 25.1. The average molecular weight is 627 g/mol. The minimum atomic E-state index is -4.11. The molecular formula is C36H42N4O4S. The molecule has 9 heteroatoms. The molecule has 1 aliphatic rings. The van der Waals surface area contributed by atoms with E-state index in [4.69, 9.17) is 9.72 Å². The number of nitrogens with one attached hydrogen (secondary N) is 1. The van der Waals surface area contributed by atoms with Crippen LogP contribution in [0, 0.1) is 5.92 Å². The number of aryl methyl sites for hydroxylation is 2. The molecule has 0 unspecified atom stereocenters. The largest absolute Gasteiger partial charge is 0.497 e. The smallest absolute Gasteiger partial charge is 0.268 e. The normalized spacial score (nSPS) is 14.3. The molecule has 1 amide bonds. The van der Waals surface area contributed by atoms with Gasteiger partial charge in [-0.25, -0.2) is 23.1 Å². The fourth-order valence-electron chi connectivity index (χ4n) is 5.68. The molecule has 1 N–H and O–H groups in total. The third-order valence-corrected chi connectivity index (χ3v) is 9.75. The van der Waals surface area contributed by atoms with E-state index in [-0.39, 0.29) is 15.9 Å². The number of anilines is 1. The van der Waals surface area contributed by atoms with Gasteiger partial charge in [0.05, 0.1) is 23.3 Å². The molecule has 1 saturated heterocycles. The van der Waals surface area contributed by atoms with Gasteiger partial charge in [-0.3, -0.25) is 4.79 Å². The first kappa shape index (κ1) is 32.2. The van der Waals surface area contributed by atoms with Crippen molar-refractivity contribution >= 4 is 21.9 Å². The van der Waals surface area contributed by atoms with Crippen LogP contribution in [-0.4, -0.2) is 44.5 Å². The Hall–Kier alpha value is -4.24. The predicted octanol–water partition coefficient (Wildman–Crippen LogP) is 6.15. The summed E-state index contributed by atoms with van der Waals surface area (Å²) in [7, 11) is -2.48. The molecule has 2 heterocycles. The molecule has 5 rings (SSSR count). The first-order valence-electron chi connectivity index (χ1n) is 15.5. The van der Waals surface area contributed by atoms with Crippen LogP contribution in [0.5, 0.6) is 5.75 Å². The lowest BCUT2D eigenvalue weighted by Crippen LogP contribution is -2.36. The Labute approximate surface area is 266 Å². The highest BCUT2D eigenvalue weighted by Gasteiger charge is 2.26. The van der Waals surface area contributed by atoms with Crippen LogP contribution in [-0.2, 0) is 34.7 Å². The van der Waals surface area contributed by atoms with Gasteiger partial charge in [-0.15, -0.1) is 0 Å². The molecule has 1 fully saturated rings. The maximum absolute atomic E-state index is 13.5. The number of carbonyl (C=O) groups is 1. The molecule has 0 spiro atoms. The maximum atomic E-state index is 13.5. The van der Waals surface area contributed by atoms with Crippen LogP contribution in [0.25, 0.3) is 0 Å². The second kappa shape index (κ2) is 13.8. The summed E-state index contributed by atoms with van der Waals surface area (Å²) < 4.78 is 34.1. The number of benzene rings is 3. The van der Waals surface area contributed by atoms with Crippen molar-refractivity contribution in [3.63, 3.8) is 0 Å². The number of methoxy groups -OCH3 is 1. The highest BCUT2D eigenvalue weighted by Crippen LogP contribution is 2.26. The Morgan fingerprint density at radius 1 is 0.933 bits per heavy atom. The summed E-state index contributed by atoms with van der Waals surface area (Å²) in [5.41, 5.74) is 3.90. The quantitative estimate of drug-likeness (QED) is 0.226. The van der Waals surface area contributed by atoms with Crippen molar-refractivity contribution in [3.05, 3.63) is 113 Å². The van der Waals surface area contributed by atoms with Gasteiger partial charge in [0.25, 0.3) is 15.9 Å². The summed E-state index contributed by atoms with van der Waals surface area (Å²) in [5, 5.41) is 0. The van der Waals surface area contributed by atoms with Gasteiger partial charge in [0.2, 0.25) is 5.95 Å². The third kappa shape index (κ3) is 8.28. The molecule has 0 atom stereocenters. The van der Waals surface area contributed by atoms with E-state index in [2.05, 4.69) is 59.6 Å². The second-order valence-corrected chi connectivity index (χ2v) is 14.4. The Bertz CT molecular complexity index is 1710. The minimum absolute atomic E-state index is 0.0256. The van der Waals surface area contributed by atoms with E-state index in [0.717, 1.165) is 49.2 Å². The zero-order valence-electron chi connectivity index (χ0n) is 26.5. The van der Waals surface area contributed by atoms with Crippen LogP contribution < -0.4 is 14.4 Å². The Balaban J connectivity index is 1.35. The number of sulfonamides is 1. The predicted molar refractivity (Wildman–Crippen MR) is 177 cm³/mol. The van der Waals surface area contributed by atoms with Gasteiger partial charge in [-0.1, -0.05) is 75.4 Å². The molecule has 0 radical (unpaired) electrons. The number of hydrogen-bond acceptors (Lipinski definition) is 7. The van der Waals surface area contributed by atoms with Crippen molar-refractivity contribution in [2.45, 2.75) is 63.2 Å². The van der Waals surface area contributed by atoms with Crippen LogP contribution in [0.2, 0.25) is 0 Å². The molecule has 4 aromatic rings. The van der Waals surface area contributed by atoms with Gasteiger partial charge in [-0.05, 0) is 84.4 Å². The molecular weight excluding hydrogens is 584 g/mol. The summed E-state index contributed by atoms with van der Waals surface area (Å²) in [6.07, 6.45) is 5.57. The molecule has 0 saturated carbocycles. The van der Waals surface area contributed by atoms with Crippen molar-refractivity contribution in [1.82, 2.24) is 14.7 Å². The first-order chi connectivity index (χ1) is 21.5. The van der Waals surface area contributed by atoms with Crippen molar-refractivity contribution in [1.29, 1.82) is 0 Å². The van der Waals surface area contributed by atoms with Crippen LogP contribution in [0.4, 0.5) is 5.95 Å². The zero-order valence-corrected chi connectivity index (χ0v) is 27.3. The molecule has 45 heavy (non-hydrogen) atoms. The summed E-state index contributed by atoms with van der Waals surface area (Å²) >= 11 is 0. The van der Waals surface area contributed by atoms with E-state index in [1.54, 1.807) is 19.2 Å². The third-order valence-electron chi connectivity index (χ3n) is 8.41. The first-order valence-corrected chi connectivity index (χ1v) is 17.0. The van der Waals surface area contributed by atoms with Gasteiger partial charge in [0, 0.05) is 19.3 Å². The second-order valence-electron chi connectivity index (χ2n) is 12.7. The molecule has 1 aliphatic heterocycles. The van der Waals surface area contributed by atoms with Crippen LogP contribution in [0.3, 0.4) is 0 Å². The molecule has 0 aliphatic carbocycles. The van der Waals surface area contributed by atoms with Gasteiger partial charge >= 0.3 is 0 Å². The number of nitrogens with zero attached hydrogens (tertiary/aromatic N) is 3. The lowest BCUT2D eigenvalue weighted by atomic mass is 9.87. The number of piperidine rings is 1. The molecule has 3 aromatic carbocycles. The number of hydrogen-bond donors (Lipinski definition) is 1. The maximum Gasteiger partial charge on any atom is 0.268 e. The topological polar surface area (TPSA) is 101 Å². The van der Waals surface area contributed by atoms with E-state index in [0.29, 0.717) is 30.4 Å².